The van der Waals surface area contributed by atoms with E-state index in [0.717, 1.165) is 19.3 Å². The fourth-order valence-corrected chi connectivity index (χ4v) is 4.07. The van der Waals surface area contributed by atoms with Crippen LogP contribution < -0.4 is 0 Å². The molecule has 1 aromatic carbocycles. The highest BCUT2D eigenvalue weighted by Gasteiger charge is 2.56. The molecule has 0 radical (unpaired) electrons. The lowest BCUT2D eigenvalue weighted by Crippen LogP contribution is -2.38. The third kappa shape index (κ3) is 1.96. The summed E-state index contributed by atoms with van der Waals surface area (Å²) in [6, 6.07) is 10.3. The third-order valence-corrected chi connectivity index (χ3v) is 6.31. The molecule has 3 heteroatoms. The van der Waals surface area contributed by atoms with Crippen LogP contribution in [0.5, 0.6) is 0 Å². The second-order valence-electron chi connectivity index (χ2n) is 5.72. The van der Waals surface area contributed by atoms with Gasteiger partial charge in [-0.1, -0.05) is 59.8 Å². The first-order chi connectivity index (χ1) is 8.61. The van der Waals surface area contributed by atoms with E-state index in [1.54, 1.807) is 0 Å². The minimum absolute atomic E-state index is 0.0300. The predicted octanol–water partition coefficient (Wildman–Crippen LogP) is 3.37. The van der Waals surface area contributed by atoms with Gasteiger partial charge in [-0.2, -0.15) is 0 Å². The molecular weight excluding hydrogens is 339 g/mol. The van der Waals surface area contributed by atoms with Crippen LogP contribution in [0.3, 0.4) is 0 Å². The van der Waals surface area contributed by atoms with Crippen LogP contribution in [0.2, 0.25) is 0 Å². The number of hydrogen-bond acceptors (Lipinski definition) is 2. The molecule has 0 aromatic heterocycles. The summed E-state index contributed by atoms with van der Waals surface area (Å²) >= 11 is 2.44. The summed E-state index contributed by atoms with van der Waals surface area (Å²) in [5.41, 5.74) is 0.988. The van der Waals surface area contributed by atoms with Crippen molar-refractivity contribution >= 4 is 28.6 Å². The van der Waals surface area contributed by atoms with E-state index < -0.39 is 0 Å². The van der Waals surface area contributed by atoms with Crippen LogP contribution in [-0.4, -0.2) is 16.0 Å². The average Bonchev–Trinajstić information content (AvgIpc) is 2.62. The number of rotatable bonds is 2. The number of alkyl halides is 1. The molecule has 1 saturated heterocycles. The standard InChI is InChI=1S/C15H17IO2/c1-10-7-15(8-11-5-3-2-4-6-11)9-12(13(10)16)18-14(15)17/h2-6,10,12-13H,7-9H2,1H3/t10-,12-,13-,15+/m1/s1. The van der Waals surface area contributed by atoms with E-state index in [4.69, 9.17) is 4.74 Å². The first kappa shape index (κ1) is 12.5. The lowest BCUT2D eigenvalue weighted by molar-refractivity contribution is -0.147. The van der Waals surface area contributed by atoms with Crippen molar-refractivity contribution in [2.45, 2.75) is 36.2 Å². The van der Waals surface area contributed by atoms with Crippen molar-refractivity contribution in [3.8, 4) is 0 Å². The van der Waals surface area contributed by atoms with Crippen LogP contribution in [0, 0.1) is 11.3 Å². The maximum atomic E-state index is 12.2. The van der Waals surface area contributed by atoms with Gasteiger partial charge in [0.05, 0.1) is 9.34 Å². The Morgan fingerprint density at radius 2 is 2.06 bits per heavy atom. The maximum Gasteiger partial charge on any atom is 0.312 e. The summed E-state index contributed by atoms with van der Waals surface area (Å²) in [4.78, 5) is 12.2. The molecule has 18 heavy (non-hydrogen) atoms. The molecule has 2 bridgehead atoms. The van der Waals surface area contributed by atoms with E-state index in [1.165, 1.54) is 5.56 Å². The predicted molar refractivity (Wildman–Crippen MR) is 78.7 cm³/mol. The number of carbonyl (C=O) groups excluding carboxylic acids is 1. The first-order valence-electron chi connectivity index (χ1n) is 6.50. The van der Waals surface area contributed by atoms with Gasteiger partial charge in [0.25, 0.3) is 0 Å². The summed E-state index contributed by atoms with van der Waals surface area (Å²) in [5.74, 6) is 0.585. The molecule has 1 saturated carbocycles. The van der Waals surface area contributed by atoms with E-state index in [-0.39, 0.29) is 17.5 Å². The van der Waals surface area contributed by atoms with Gasteiger partial charge in [0, 0.05) is 6.42 Å². The first-order valence-corrected chi connectivity index (χ1v) is 7.74. The Morgan fingerprint density at radius 1 is 1.33 bits per heavy atom. The van der Waals surface area contributed by atoms with Gasteiger partial charge in [-0.3, -0.25) is 4.79 Å². The summed E-state index contributed by atoms with van der Waals surface area (Å²) < 4.78 is 6.07. The third-order valence-electron chi connectivity index (χ3n) is 4.28. The smallest absolute Gasteiger partial charge is 0.312 e. The zero-order chi connectivity index (χ0) is 12.8. The largest absolute Gasteiger partial charge is 0.461 e. The highest BCUT2D eigenvalue weighted by atomic mass is 127. The Hall–Kier alpha value is -0.580. The molecule has 0 unspecified atom stereocenters. The van der Waals surface area contributed by atoms with Crippen LogP contribution in [-0.2, 0) is 16.0 Å². The van der Waals surface area contributed by atoms with Gasteiger partial charge < -0.3 is 4.74 Å². The Kier molecular flexibility index (Phi) is 3.12. The Morgan fingerprint density at radius 3 is 2.78 bits per heavy atom. The Bertz CT molecular complexity index is 459. The maximum absolute atomic E-state index is 12.2. The Labute approximate surface area is 121 Å². The van der Waals surface area contributed by atoms with Gasteiger partial charge in [0.15, 0.2) is 0 Å². The second kappa shape index (κ2) is 4.51. The van der Waals surface area contributed by atoms with Crippen molar-refractivity contribution in [1.29, 1.82) is 0 Å². The number of ether oxygens (including phenoxy) is 1. The quantitative estimate of drug-likeness (QED) is 0.461. The summed E-state index contributed by atoms with van der Waals surface area (Å²) in [6.07, 6.45) is 2.82. The van der Waals surface area contributed by atoms with Crippen LogP contribution in [0.1, 0.15) is 25.3 Å². The number of benzene rings is 1. The number of carbonyl (C=O) groups is 1. The Balaban J connectivity index is 1.88. The highest BCUT2D eigenvalue weighted by molar-refractivity contribution is 14.1. The SMILES string of the molecule is C[C@@H]1C[C@]2(Cc3ccccc3)C[C@@H](OC2=O)[C@@H]1I. The van der Waals surface area contributed by atoms with Crippen molar-refractivity contribution in [1.82, 2.24) is 0 Å². The van der Waals surface area contributed by atoms with E-state index in [2.05, 4.69) is 41.6 Å². The highest BCUT2D eigenvalue weighted by Crippen LogP contribution is 2.51. The fraction of sp³-hybridized carbons (Fsp3) is 0.533. The van der Waals surface area contributed by atoms with Crippen molar-refractivity contribution in [2.75, 3.05) is 0 Å². The van der Waals surface area contributed by atoms with Crippen molar-refractivity contribution in [2.24, 2.45) is 11.3 Å². The molecule has 1 aliphatic heterocycles. The molecule has 1 aromatic rings. The van der Waals surface area contributed by atoms with Gasteiger partial charge in [-0.05, 0) is 24.3 Å². The molecule has 0 amide bonds. The zero-order valence-corrected chi connectivity index (χ0v) is 12.6. The van der Waals surface area contributed by atoms with Crippen LogP contribution in [0.15, 0.2) is 30.3 Å². The molecular formula is C15H17IO2. The van der Waals surface area contributed by atoms with Crippen LogP contribution in [0.4, 0.5) is 0 Å². The molecule has 96 valence electrons. The monoisotopic (exact) mass is 356 g/mol. The molecule has 1 aliphatic carbocycles. The minimum Gasteiger partial charge on any atom is -0.461 e. The summed E-state index contributed by atoms with van der Waals surface area (Å²) in [6.45, 7) is 2.24. The molecule has 2 fully saturated rings. The van der Waals surface area contributed by atoms with E-state index in [0.29, 0.717) is 9.84 Å². The molecule has 2 nitrogen and oxygen atoms in total. The minimum atomic E-state index is -0.257. The second-order valence-corrected chi connectivity index (χ2v) is 7.15. The molecule has 0 N–H and O–H groups in total. The van der Waals surface area contributed by atoms with Crippen LogP contribution >= 0.6 is 22.6 Å². The van der Waals surface area contributed by atoms with Crippen molar-refractivity contribution in [3.63, 3.8) is 0 Å². The molecule has 3 rings (SSSR count). The normalized spacial score (nSPS) is 38.6. The van der Waals surface area contributed by atoms with Gasteiger partial charge in [0.1, 0.15) is 6.10 Å². The lowest BCUT2D eigenvalue weighted by Gasteiger charge is -2.35. The number of esters is 1. The molecule has 2 aliphatic rings. The topological polar surface area (TPSA) is 26.3 Å². The van der Waals surface area contributed by atoms with E-state index >= 15 is 0 Å². The zero-order valence-electron chi connectivity index (χ0n) is 10.4. The van der Waals surface area contributed by atoms with Crippen LogP contribution in [0.25, 0.3) is 0 Å². The average molecular weight is 356 g/mol. The van der Waals surface area contributed by atoms with E-state index in [9.17, 15) is 4.79 Å². The summed E-state index contributed by atoms with van der Waals surface area (Å²) in [5, 5.41) is 0. The molecule has 1 heterocycles. The molecule has 0 spiro atoms. The number of hydrogen-bond donors (Lipinski definition) is 0. The van der Waals surface area contributed by atoms with Crippen molar-refractivity contribution in [3.05, 3.63) is 35.9 Å². The van der Waals surface area contributed by atoms with Gasteiger partial charge >= 0.3 is 5.97 Å². The lowest BCUT2D eigenvalue weighted by atomic mass is 9.68. The molecule has 4 atom stereocenters. The summed E-state index contributed by atoms with van der Waals surface area (Å²) in [7, 11) is 0. The number of halogens is 1. The number of fused-ring (bicyclic) bond motifs is 2. The van der Waals surface area contributed by atoms with Gasteiger partial charge in [0.2, 0.25) is 0 Å². The van der Waals surface area contributed by atoms with Crippen molar-refractivity contribution < 1.29 is 9.53 Å². The fourth-order valence-electron chi connectivity index (χ4n) is 3.42. The van der Waals surface area contributed by atoms with Gasteiger partial charge in [-0.25, -0.2) is 0 Å². The van der Waals surface area contributed by atoms with Gasteiger partial charge in [-0.15, -0.1) is 0 Å². The van der Waals surface area contributed by atoms with E-state index in [1.807, 2.05) is 18.2 Å².